The van der Waals surface area contributed by atoms with E-state index in [1.807, 2.05) is 6.07 Å². The van der Waals surface area contributed by atoms with E-state index < -0.39 is 0 Å². The Labute approximate surface area is 101 Å². The number of rotatable bonds is 1. The SMILES string of the molecule is N#CC(C#N)=Cc1cc(Cl)cc(I)c1. The van der Waals surface area contributed by atoms with Gasteiger partial charge in [0.25, 0.3) is 0 Å². The molecular formula is C10H4ClIN2. The molecule has 0 spiro atoms. The number of halogens is 2. The molecule has 1 rings (SSSR count). The summed E-state index contributed by atoms with van der Waals surface area (Å²) >= 11 is 7.94. The van der Waals surface area contributed by atoms with Crippen molar-refractivity contribution in [2.24, 2.45) is 0 Å². The lowest BCUT2D eigenvalue weighted by Gasteiger charge is -1.96. The average Bonchev–Trinajstić information content (AvgIpc) is 2.12. The van der Waals surface area contributed by atoms with Crippen molar-refractivity contribution >= 4 is 40.3 Å². The monoisotopic (exact) mass is 314 g/mol. The highest BCUT2D eigenvalue weighted by Crippen LogP contribution is 2.18. The Kier molecular flexibility index (Phi) is 3.94. The van der Waals surface area contributed by atoms with Crippen LogP contribution in [-0.4, -0.2) is 0 Å². The van der Waals surface area contributed by atoms with E-state index in [2.05, 4.69) is 22.6 Å². The van der Waals surface area contributed by atoms with Crippen LogP contribution in [0.3, 0.4) is 0 Å². The molecule has 0 aromatic heterocycles. The van der Waals surface area contributed by atoms with Crippen molar-refractivity contribution in [2.75, 3.05) is 0 Å². The van der Waals surface area contributed by atoms with E-state index in [1.54, 1.807) is 24.3 Å². The molecule has 0 bridgehead atoms. The Morgan fingerprint density at radius 2 is 1.93 bits per heavy atom. The largest absolute Gasteiger partial charge is 0.192 e. The number of nitrogens with zero attached hydrogens (tertiary/aromatic N) is 2. The Balaban J connectivity index is 3.17. The Morgan fingerprint density at radius 1 is 1.29 bits per heavy atom. The first-order valence-electron chi connectivity index (χ1n) is 3.63. The fourth-order valence-corrected chi connectivity index (χ4v) is 2.04. The molecule has 0 aliphatic heterocycles. The number of hydrogen-bond donors (Lipinski definition) is 0. The number of nitriles is 2. The van der Waals surface area contributed by atoms with Gasteiger partial charge in [-0.15, -0.1) is 0 Å². The fourth-order valence-electron chi connectivity index (χ4n) is 0.915. The zero-order valence-corrected chi connectivity index (χ0v) is 9.87. The predicted molar refractivity (Wildman–Crippen MR) is 63.4 cm³/mol. The second-order valence-corrected chi connectivity index (χ2v) is 4.17. The summed E-state index contributed by atoms with van der Waals surface area (Å²) in [6, 6.07) is 8.95. The minimum Gasteiger partial charge on any atom is -0.192 e. The van der Waals surface area contributed by atoms with Crippen molar-refractivity contribution in [3.05, 3.63) is 37.9 Å². The topological polar surface area (TPSA) is 47.6 Å². The second-order valence-electron chi connectivity index (χ2n) is 2.48. The zero-order valence-electron chi connectivity index (χ0n) is 6.96. The van der Waals surface area contributed by atoms with Crippen LogP contribution in [0.25, 0.3) is 6.08 Å². The molecule has 1 aromatic rings. The van der Waals surface area contributed by atoms with Crippen LogP contribution in [-0.2, 0) is 0 Å². The molecule has 0 fully saturated rings. The fraction of sp³-hybridized carbons (Fsp3) is 0. The van der Waals surface area contributed by atoms with Gasteiger partial charge < -0.3 is 0 Å². The standard InChI is InChI=1S/C10H4ClIN2/c11-9-2-7(3-10(12)4-9)1-8(5-13)6-14/h1-4H. The van der Waals surface area contributed by atoms with Gasteiger partial charge in [0.1, 0.15) is 17.7 Å². The zero-order chi connectivity index (χ0) is 10.6. The summed E-state index contributed by atoms with van der Waals surface area (Å²) in [6.45, 7) is 0. The van der Waals surface area contributed by atoms with E-state index in [4.69, 9.17) is 22.1 Å². The van der Waals surface area contributed by atoms with E-state index in [0.29, 0.717) is 5.02 Å². The molecule has 68 valence electrons. The molecule has 0 unspecified atom stereocenters. The smallest absolute Gasteiger partial charge is 0.130 e. The lowest BCUT2D eigenvalue weighted by molar-refractivity contribution is 1.47. The number of allylic oxidation sites excluding steroid dienone is 1. The van der Waals surface area contributed by atoms with Crippen molar-refractivity contribution in [1.82, 2.24) is 0 Å². The summed E-state index contributed by atoms with van der Waals surface area (Å²) < 4.78 is 0.969. The van der Waals surface area contributed by atoms with Gasteiger partial charge in [-0.3, -0.25) is 0 Å². The summed E-state index contributed by atoms with van der Waals surface area (Å²) in [7, 11) is 0. The van der Waals surface area contributed by atoms with E-state index in [0.717, 1.165) is 9.13 Å². The van der Waals surface area contributed by atoms with Crippen LogP contribution >= 0.6 is 34.2 Å². The highest BCUT2D eigenvalue weighted by molar-refractivity contribution is 14.1. The first kappa shape index (κ1) is 11.0. The molecule has 1 aromatic carbocycles. The predicted octanol–water partition coefficient (Wildman–Crippen LogP) is 3.38. The molecule has 0 heterocycles. The van der Waals surface area contributed by atoms with E-state index in [1.165, 1.54) is 6.08 Å². The molecule has 0 aliphatic carbocycles. The second kappa shape index (κ2) is 4.99. The maximum atomic E-state index is 8.55. The molecule has 4 heteroatoms. The Bertz CT molecular complexity index is 430. The van der Waals surface area contributed by atoms with Gasteiger partial charge in [0.2, 0.25) is 0 Å². The van der Waals surface area contributed by atoms with Crippen LogP contribution in [0.5, 0.6) is 0 Å². The minimum absolute atomic E-state index is 0.0723. The van der Waals surface area contributed by atoms with Gasteiger partial charge >= 0.3 is 0 Å². The van der Waals surface area contributed by atoms with Crippen LogP contribution in [0.1, 0.15) is 5.56 Å². The van der Waals surface area contributed by atoms with Gasteiger partial charge in [-0.05, 0) is 52.4 Å². The maximum absolute atomic E-state index is 8.55. The quantitative estimate of drug-likeness (QED) is 0.589. The number of hydrogen-bond acceptors (Lipinski definition) is 2. The van der Waals surface area contributed by atoms with Gasteiger partial charge in [-0.25, -0.2) is 0 Å². The van der Waals surface area contributed by atoms with Crippen molar-refractivity contribution in [3.8, 4) is 12.1 Å². The van der Waals surface area contributed by atoms with E-state index in [-0.39, 0.29) is 5.57 Å². The molecule has 0 atom stereocenters. The summed E-state index contributed by atoms with van der Waals surface area (Å²) in [5.41, 5.74) is 0.836. The van der Waals surface area contributed by atoms with E-state index in [9.17, 15) is 0 Å². The summed E-state index contributed by atoms with van der Waals surface area (Å²) in [4.78, 5) is 0. The minimum atomic E-state index is 0.0723. The van der Waals surface area contributed by atoms with Crippen LogP contribution in [0.4, 0.5) is 0 Å². The highest BCUT2D eigenvalue weighted by atomic mass is 127. The molecular weight excluding hydrogens is 310 g/mol. The van der Waals surface area contributed by atoms with Gasteiger partial charge in [0.15, 0.2) is 0 Å². The van der Waals surface area contributed by atoms with Gasteiger partial charge in [-0.1, -0.05) is 11.6 Å². The molecule has 0 saturated heterocycles. The van der Waals surface area contributed by atoms with Crippen LogP contribution < -0.4 is 0 Å². The van der Waals surface area contributed by atoms with Crippen LogP contribution in [0.15, 0.2) is 23.8 Å². The first-order chi connectivity index (χ1) is 6.65. The molecule has 0 N–H and O–H groups in total. The van der Waals surface area contributed by atoms with Crippen molar-refractivity contribution < 1.29 is 0 Å². The number of benzene rings is 1. The van der Waals surface area contributed by atoms with E-state index >= 15 is 0 Å². The summed E-state index contributed by atoms with van der Waals surface area (Å²) in [5, 5.41) is 17.7. The maximum Gasteiger partial charge on any atom is 0.130 e. The summed E-state index contributed by atoms with van der Waals surface area (Å²) in [6.07, 6.45) is 1.51. The van der Waals surface area contributed by atoms with Crippen molar-refractivity contribution in [3.63, 3.8) is 0 Å². The van der Waals surface area contributed by atoms with Gasteiger partial charge in [-0.2, -0.15) is 10.5 Å². The lowest BCUT2D eigenvalue weighted by atomic mass is 10.1. The van der Waals surface area contributed by atoms with Crippen LogP contribution in [0.2, 0.25) is 5.02 Å². The molecule has 0 saturated carbocycles. The van der Waals surface area contributed by atoms with Gasteiger partial charge in [0, 0.05) is 8.59 Å². The lowest BCUT2D eigenvalue weighted by Crippen LogP contribution is -1.79. The average molecular weight is 315 g/mol. The van der Waals surface area contributed by atoms with Crippen LogP contribution in [0, 0.1) is 26.2 Å². The van der Waals surface area contributed by atoms with Crippen molar-refractivity contribution in [2.45, 2.75) is 0 Å². The molecule has 0 aliphatic rings. The normalized spacial score (nSPS) is 8.57. The third-order valence-corrected chi connectivity index (χ3v) is 2.28. The van der Waals surface area contributed by atoms with Crippen molar-refractivity contribution in [1.29, 1.82) is 10.5 Å². The molecule has 14 heavy (non-hydrogen) atoms. The first-order valence-corrected chi connectivity index (χ1v) is 5.09. The summed E-state index contributed by atoms with van der Waals surface area (Å²) in [5.74, 6) is 0. The van der Waals surface area contributed by atoms with Gasteiger partial charge in [0.05, 0.1) is 0 Å². The third kappa shape index (κ3) is 3.02. The Morgan fingerprint density at radius 3 is 2.43 bits per heavy atom. The Hall–Kier alpha value is -1.04. The molecule has 0 radical (unpaired) electrons. The molecule has 0 amide bonds. The molecule has 2 nitrogen and oxygen atoms in total. The highest BCUT2D eigenvalue weighted by Gasteiger charge is 1.97. The third-order valence-electron chi connectivity index (χ3n) is 1.44.